The van der Waals surface area contributed by atoms with E-state index in [1.165, 1.54) is 12.1 Å². The van der Waals surface area contributed by atoms with Gasteiger partial charge in [0, 0.05) is 6.54 Å². The van der Waals surface area contributed by atoms with Crippen molar-refractivity contribution >= 4 is 5.91 Å². The molecule has 0 saturated carbocycles. The Kier molecular flexibility index (Phi) is 6.32. The minimum atomic E-state index is -0.353. The quantitative estimate of drug-likeness (QED) is 0.782. The van der Waals surface area contributed by atoms with E-state index in [1.54, 1.807) is 6.07 Å². The first-order valence-electron chi connectivity index (χ1n) is 7.94. The number of nitrogens with two attached hydrogens (primary N) is 1. The van der Waals surface area contributed by atoms with Gasteiger partial charge in [-0.15, -0.1) is 0 Å². The summed E-state index contributed by atoms with van der Waals surface area (Å²) in [6, 6.07) is 13.5. The van der Waals surface area contributed by atoms with E-state index in [0.717, 1.165) is 11.1 Å². The number of carbonyl (C=O) groups is 1. The number of primary amides is 1. The number of rotatable bonds is 8. The van der Waals surface area contributed by atoms with E-state index in [1.807, 2.05) is 44.2 Å². The van der Waals surface area contributed by atoms with Crippen LogP contribution in [0, 0.1) is 11.7 Å². The largest absolute Gasteiger partial charge is 0.489 e. The maximum Gasteiger partial charge on any atom is 0.234 e. The van der Waals surface area contributed by atoms with Crippen LogP contribution in [0.5, 0.6) is 5.75 Å². The normalized spacial score (nSPS) is 12.2. The zero-order valence-electron chi connectivity index (χ0n) is 14.0. The number of ether oxygens (including phenoxy) is 1. The SMILES string of the molecule is CC(C)C(NCc1ccc(OCc2cccc(F)c2)cc1)C(N)=O. The highest BCUT2D eigenvalue weighted by atomic mass is 19.1. The summed E-state index contributed by atoms with van der Waals surface area (Å²) >= 11 is 0. The molecule has 1 atom stereocenters. The average Bonchev–Trinajstić information content (AvgIpc) is 2.53. The van der Waals surface area contributed by atoms with E-state index in [4.69, 9.17) is 10.5 Å². The maximum absolute atomic E-state index is 13.1. The lowest BCUT2D eigenvalue weighted by molar-refractivity contribution is -0.121. The molecule has 4 nitrogen and oxygen atoms in total. The molecule has 3 N–H and O–H groups in total. The molecule has 24 heavy (non-hydrogen) atoms. The number of carbonyl (C=O) groups excluding carboxylic acids is 1. The molecule has 2 rings (SSSR count). The van der Waals surface area contributed by atoms with Crippen molar-refractivity contribution in [2.75, 3.05) is 0 Å². The van der Waals surface area contributed by atoms with Gasteiger partial charge in [-0.25, -0.2) is 4.39 Å². The first-order valence-corrected chi connectivity index (χ1v) is 7.94. The Morgan fingerprint density at radius 3 is 2.46 bits per heavy atom. The summed E-state index contributed by atoms with van der Waals surface area (Å²) in [7, 11) is 0. The Balaban J connectivity index is 1.87. The minimum Gasteiger partial charge on any atom is -0.489 e. The molecule has 0 fully saturated rings. The second-order valence-corrected chi connectivity index (χ2v) is 6.07. The molecule has 5 heteroatoms. The van der Waals surface area contributed by atoms with Crippen molar-refractivity contribution in [1.82, 2.24) is 5.32 Å². The molecule has 128 valence electrons. The third-order valence-electron chi connectivity index (χ3n) is 3.72. The predicted octanol–water partition coefficient (Wildman–Crippen LogP) is 3.00. The Hall–Kier alpha value is -2.40. The van der Waals surface area contributed by atoms with Crippen molar-refractivity contribution in [3.8, 4) is 5.75 Å². The minimum absolute atomic E-state index is 0.136. The van der Waals surface area contributed by atoms with Gasteiger partial charge in [-0.2, -0.15) is 0 Å². The second-order valence-electron chi connectivity index (χ2n) is 6.07. The van der Waals surface area contributed by atoms with Crippen LogP contribution in [-0.4, -0.2) is 11.9 Å². The second kappa shape index (κ2) is 8.45. The van der Waals surface area contributed by atoms with E-state index in [-0.39, 0.29) is 23.7 Å². The van der Waals surface area contributed by atoms with Crippen molar-refractivity contribution in [2.45, 2.75) is 33.0 Å². The zero-order valence-corrected chi connectivity index (χ0v) is 14.0. The molecule has 0 heterocycles. The highest BCUT2D eigenvalue weighted by Gasteiger charge is 2.18. The summed E-state index contributed by atoms with van der Waals surface area (Å²) in [5, 5.41) is 3.16. The van der Waals surface area contributed by atoms with Crippen LogP contribution in [0.3, 0.4) is 0 Å². The maximum atomic E-state index is 13.1. The zero-order chi connectivity index (χ0) is 17.5. The molecule has 0 saturated heterocycles. The van der Waals surface area contributed by atoms with Gasteiger partial charge in [-0.1, -0.05) is 38.1 Å². The fourth-order valence-corrected chi connectivity index (χ4v) is 2.39. The van der Waals surface area contributed by atoms with Crippen LogP contribution < -0.4 is 15.8 Å². The average molecular weight is 330 g/mol. The first-order chi connectivity index (χ1) is 11.5. The molecule has 0 aliphatic carbocycles. The lowest BCUT2D eigenvalue weighted by atomic mass is 10.0. The summed E-state index contributed by atoms with van der Waals surface area (Å²) in [4.78, 5) is 11.4. The van der Waals surface area contributed by atoms with Gasteiger partial charge in [-0.05, 0) is 41.3 Å². The standard InChI is InChI=1S/C19H23FN2O2/c1-13(2)18(19(21)23)22-11-14-6-8-17(9-7-14)24-12-15-4-3-5-16(20)10-15/h3-10,13,18,22H,11-12H2,1-2H3,(H2,21,23). The fraction of sp³-hybridized carbons (Fsp3) is 0.316. The van der Waals surface area contributed by atoms with E-state index in [9.17, 15) is 9.18 Å². The molecule has 0 radical (unpaired) electrons. The molecule has 0 aromatic heterocycles. The van der Waals surface area contributed by atoms with Gasteiger partial charge in [0.05, 0.1) is 6.04 Å². The lowest BCUT2D eigenvalue weighted by Gasteiger charge is -2.19. The van der Waals surface area contributed by atoms with Gasteiger partial charge >= 0.3 is 0 Å². The molecule has 0 aliphatic rings. The van der Waals surface area contributed by atoms with Crippen LogP contribution in [0.25, 0.3) is 0 Å². The van der Waals surface area contributed by atoms with Crippen LogP contribution in [0.15, 0.2) is 48.5 Å². The van der Waals surface area contributed by atoms with Gasteiger partial charge in [0.25, 0.3) is 0 Å². The van der Waals surface area contributed by atoms with Gasteiger partial charge in [0.2, 0.25) is 5.91 Å². The molecule has 0 bridgehead atoms. The number of amides is 1. The van der Waals surface area contributed by atoms with Gasteiger partial charge in [0.15, 0.2) is 0 Å². The number of hydrogen-bond donors (Lipinski definition) is 2. The van der Waals surface area contributed by atoms with Crippen LogP contribution in [-0.2, 0) is 17.9 Å². The number of benzene rings is 2. The summed E-state index contributed by atoms with van der Waals surface area (Å²) < 4.78 is 18.8. The summed E-state index contributed by atoms with van der Waals surface area (Å²) in [5.74, 6) is 0.224. The van der Waals surface area contributed by atoms with Crippen molar-refractivity contribution < 1.29 is 13.9 Å². The van der Waals surface area contributed by atoms with Crippen LogP contribution in [0.4, 0.5) is 4.39 Å². The van der Waals surface area contributed by atoms with Crippen molar-refractivity contribution in [1.29, 1.82) is 0 Å². The van der Waals surface area contributed by atoms with Crippen LogP contribution in [0.1, 0.15) is 25.0 Å². The number of hydrogen-bond acceptors (Lipinski definition) is 3. The summed E-state index contributed by atoms with van der Waals surface area (Å²) in [6.07, 6.45) is 0. The molecular weight excluding hydrogens is 307 g/mol. The van der Waals surface area contributed by atoms with E-state index in [2.05, 4.69) is 5.32 Å². The highest BCUT2D eigenvalue weighted by Crippen LogP contribution is 2.15. The van der Waals surface area contributed by atoms with Gasteiger partial charge in [0.1, 0.15) is 18.2 Å². The van der Waals surface area contributed by atoms with Crippen molar-refractivity contribution in [3.05, 3.63) is 65.5 Å². The molecule has 0 aliphatic heterocycles. The molecule has 1 unspecified atom stereocenters. The summed E-state index contributed by atoms with van der Waals surface area (Å²) in [5.41, 5.74) is 7.19. The Labute approximate surface area is 141 Å². The summed E-state index contributed by atoms with van der Waals surface area (Å²) in [6.45, 7) is 4.76. The molecule has 1 amide bonds. The Bertz CT molecular complexity index is 671. The predicted molar refractivity (Wildman–Crippen MR) is 91.8 cm³/mol. The van der Waals surface area contributed by atoms with Crippen molar-refractivity contribution in [3.63, 3.8) is 0 Å². The van der Waals surface area contributed by atoms with E-state index < -0.39 is 0 Å². The first kappa shape index (κ1) is 17.9. The third-order valence-corrected chi connectivity index (χ3v) is 3.72. The molecule has 2 aromatic rings. The number of nitrogens with one attached hydrogen (secondary N) is 1. The van der Waals surface area contributed by atoms with E-state index in [0.29, 0.717) is 18.9 Å². The molecule has 0 spiro atoms. The highest BCUT2D eigenvalue weighted by molar-refractivity contribution is 5.80. The monoisotopic (exact) mass is 330 g/mol. The van der Waals surface area contributed by atoms with Crippen LogP contribution in [0.2, 0.25) is 0 Å². The molecular formula is C19H23FN2O2. The fourth-order valence-electron chi connectivity index (χ4n) is 2.39. The number of halogens is 1. The smallest absolute Gasteiger partial charge is 0.234 e. The third kappa shape index (κ3) is 5.35. The van der Waals surface area contributed by atoms with E-state index >= 15 is 0 Å². The lowest BCUT2D eigenvalue weighted by Crippen LogP contribution is -2.44. The van der Waals surface area contributed by atoms with Gasteiger partial charge < -0.3 is 15.8 Å². The Morgan fingerprint density at radius 1 is 1.17 bits per heavy atom. The van der Waals surface area contributed by atoms with Crippen molar-refractivity contribution in [2.24, 2.45) is 11.7 Å². The van der Waals surface area contributed by atoms with Crippen LogP contribution >= 0.6 is 0 Å². The van der Waals surface area contributed by atoms with Gasteiger partial charge in [-0.3, -0.25) is 4.79 Å². The topological polar surface area (TPSA) is 64.3 Å². The molecule has 2 aromatic carbocycles. The Morgan fingerprint density at radius 2 is 1.88 bits per heavy atom.